The molecule has 0 saturated heterocycles. The number of hydrogen-bond acceptors (Lipinski definition) is 0. The maximum Gasteiger partial charge on any atom is 4.00 e. The van der Waals surface area contributed by atoms with Crippen LogP contribution >= 0.6 is 0 Å². The molecule has 1 rings (SSSR count). The summed E-state index contributed by atoms with van der Waals surface area (Å²) in [6.07, 6.45) is 0. The Bertz CT molecular complexity index is 380. The van der Waals surface area contributed by atoms with Crippen LogP contribution in [0.1, 0.15) is 0 Å². The van der Waals surface area contributed by atoms with Gasteiger partial charge < -0.3 is 17.2 Å². The number of hydrogen-bond donors (Lipinski definition) is 0. The Hall–Kier alpha value is -0.313. The maximum atomic E-state index is 12.6. The Morgan fingerprint density at radius 1 is 0.600 bits per heavy atom. The van der Waals surface area contributed by atoms with Crippen molar-refractivity contribution < 1.29 is 65.4 Å². The van der Waals surface area contributed by atoms with Crippen molar-refractivity contribution in [2.75, 3.05) is 21.1 Å². The second-order valence-electron chi connectivity index (χ2n) is 3.42. The quantitative estimate of drug-likeness (QED) is 0.249. The summed E-state index contributed by atoms with van der Waals surface area (Å²) >= 11 is 0. The molecule has 3 N–H and O–H groups in total. The third kappa shape index (κ3) is 7.07. The molecule has 0 aliphatic rings. The Morgan fingerprint density at radius 3 is 0.960 bits per heavy atom. The van der Waals surface area contributed by atoms with E-state index in [1.54, 1.807) is 0 Å². The van der Waals surface area contributed by atoms with Gasteiger partial charge in [-0.25, -0.2) is 12.1 Å². The van der Waals surface area contributed by atoms with Crippen LogP contribution in [0.2, 0.25) is 0 Å². The fourth-order valence-corrected chi connectivity index (χ4v) is 4.24. The molecule has 0 fully saturated rings. The van der Waals surface area contributed by atoms with E-state index >= 15 is 0 Å². The molecule has 146 valence electrons. The second-order valence-corrected chi connectivity index (χ2v) is 7.20. The number of rotatable bonds is 1. The molecule has 3 nitrogen and oxygen atoms in total. The van der Waals surface area contributed by atoms with E-state index in [4.69, 9.17) is 17.2 Å². The summed E-state index contributed by atoms with van der Waals surface area (Å²) in [5, 5.41) is -1.75. The fourth-order valence-electron chi connectivity index (χ4n) is 1.60. The van der Waals surface area contributed by atoms with Crippen LogP contribution < -0.4 is 5.19 Å². The van der Waals surface area contributed by atoms with E-state index in [0.717, 1.165) is 0 Å². The van der Waals surface area contributed by atoms with E-state index in [9.17, 15) is 39.5 Å². The molecule has 0 amide bonds. The summed E-state index contributed by atoms with van der Waals surface area (Å²) in [5.41, 5.74) is 17.2. The van der Waals surface area contributed by atoms with Crippen LogP contribution in [0.5, 0.6) is 0 Å². The van der Waals surface area contributed by atoms with Crippen LogP contribution in [0.4, 0.5) is 39.5 Å². The molecule has 14 heteroatoms. The summed E-state index contributed by atoms with van der Waals surface area (Å²) in [6.45, 7) is 0. The number of alkyl halides is 9. The van der Waals surface area contributed by atoms with E-state index in [1.807, 2.05) is 0 Å². The van der Waals surface area contributed by atoms with Crippen molar-refractivity contribution in [3.05, 3.63) is 41.5 Å². The number of halogens is 9. The number of nitrogens with one attached hydrogen (secondary N) is 3. The van der Waals surface area contributed by atoms with Gasteiger partial charge in [0.05, 0.1) is 0 Å². The van der Waals surface area contributed by atoms with Gasteiger partial charge in [-0.15, -0.1) is 5.19 Å². The molecule has 0 aliphatic carbocycles. The van der Waals surface area contributed by atoms with E-state index in [0.29, 0.717) is 12.1 Å². The van der Waals surface area contributed by atoms with E-state index in [1.165, 1.54) is 21.1 Å². The first-order valence-corrected chi connectivity index (χ1v) is 7.78. The summed E-state index contributed by atoms with van der Waals surface area (Å²) in [5.74, 6) is -19.2. The van der Waals surface area contributed by atoms with Gasteiger partial charge in [-0.3, -0.25) is 0 Å². The van der Waals surface area contributed by atoms with Gasteiger partial charge in [0.15, 0.2) is 0 Å². The molecule has 0 bridgehead atoms. The summed E-state index contributed by atoms with van der Waals surface area (Å²) in [6, 6.07) is 1.84. The van der Waals surface area contributed by atoms with Crippen LogP contribution in [-0.2, 0) is 25.8 Å². The topological polar surface area (TPSA) is 71.4 Å². The first-order chi connectivity index (χ1) is 10.9. The van der Waals surface area contributed by atoms with Crippen molar-refractivity contribution in [3.8, 4) is 0 Å². The van der Waals surface area contributed by atoms with Crippen LogP contribution in [-0.4, -0.2) is 46.6 Å². The van der Waals surface area contributed by atoms with Crippen molar-refractivity contribution in [1.82, 2.24) is 0 Å². The Kier molecular flexibility index (Phi) is 16.8. The predicted molar refractivity (Wildman–Crippen MR) is 76.3 cm³/mol. The molecular formula is C11H16F9HfN3Si. The van der Waals surface area contributed by atoms with Crippen molar-refractivity contribution in [3.63, 3.8) is 0 Å². The smallest absolute Gasteiger partial charge is 0.680 e. The third-order valence-corrected chi connectivity index (χ3v) is 6.12. The first-order valence-electron chi connectivity index (χ1n) is 5.78. The average Bonchev–Trinajstić information content (AvgIpc) is 2.95. The molecule has 0 unspecified atom stereocenters. The molecule has 1 aromatic rings. The molecule has 0 heterocycles. The van der Waals surface area contributed by atoms with E-state index in [2.05, 4.69) is 0 Å². The molecule has 0 atom stereocenters. The monoisotopic (exact) mass is 569 g/mol. The molecule has 0 radical (unpaired) electrons. The van der Waals surface area contributed by atoms with Gasteiger partial charge in [0.25, 0.3) is 0 Å². The molecule has 0 spiro atoms. The Morgan fingerprint density at radius 2 is 0.800 bits per heavy atom. The standard InChI is InChI=1S/C8H4F9Si.3CH4N.Hf/c9-6(10,11)18(7(12,13)14,8(15,16)17)5-3-1-2-4-5;3*1-2;/h1-4H;3*2H,1H3;/q4*-1;+4. The summed E-state index contributed by atoms with van der Waals surface area (Å²) in [7, 11) is -3.97. The Labute approximate surface area is 158 Å². The van der Waals surface area contributed by atoms with E-state index in [-0.39, 0.29) is 38.0 Å². The zero-order valence-electron chi connectivity index (χ0n) is 13.2. The minimum absolute atomic E-state index is 0. The van der Waals surface area contributed by atoms with Crippen molar-refractivity contribution in [1.29, 1.82) is 0 Å². The zero-order chi connectivity index (χ0) is 20.4. The predicted octanol–water partition coefficient (Wildman–Crippen LogP) is 5.37. The third-order valence-electron chi connectivity index (χ3n) is 2.37. The zero-order valence-corrected chi connectivity index (χ0v) is 17.8. The summed E-state index contributed by atoms with van der Waals surface area (Å²) < 4.78 is 113. The SMILES string of the molecule is C[NH-].C[NH-].C[NH-].FC(F)(F)[Si]([c-]1cccc1)(C(F)(F)F)C(F)(F)F.[Hf+4]. The molecule has 0 aliphatic heterocycles. The Balaban J connectivity index is -0.000000284. The molecular weight excluding hydrogens is 552 g/mol. The van der Waals surface area contributed by atoms with Gasteiger partial charge in [0.2, 0.25) is 0 Å². The molecule has 0 saturated carbocycles. The van der Waals surface area contributed by atoms with Crippen molar-refractivity contribution in [2.24, 2.45) is 0 Å². The largest absolute Gasteiger partial charge is 4.00 e. The van der Waals surface area contributed by atoms with Crippen LogP contribution in [0.3, 0.4) is 0 Å². The van der Waals surface area contributed by atoms with Gasteiger partial charge in [-0.05, 0) is 0 Å². The minimum Gasteiger partial charge on any atom is -0.680 e. The van der Waals surface area contributed by atoms with Crippen molar-refractivity contribution >= 4 is 13.3 Å². The van der Waals surface area contributed by atoms with Crippen LogP contribution in [0.15, 0.2) is 24.3 Å². The molecule has 25 heavy (non-hydrogen) atoms. The first kappa shape index (κ1) is 32.4. The maximum absolute atomic E-state index is 12.6. The minimum atomic E-state index is -7.72. The van der Waals surface area contributed by atoms with Crippen LogP contribution in [0.25, 0.3) is 17.2 Å². The van der Waals surface area contributed by atoms with E-state index < -0.39 is 30.7 Å². The molecule has 0 aromatic heterocycles. The fraction of sp³-hybridized carbons (Fsp3) is 0.545. The molecule has 1 aromatic carbocycles. The second kappa shape index (κ2) is 12.9. The average molecular weight is 568 g/mol. The van der Waals surface area contributed by atoms with Gasteiger partial charge in [-0.2, -0.15) is 72.8 Å². The van der Waals surface area contributed by atoms with Crippen LogP contribution in [0, 0.1) is 0 Å². The van der Waals surface area contributed by atoms with Gasteiger partial charge >= 0.3 is 51.3 Å². The normalized spacial score (nSPS) is 11.5. The van der Waals surface area contributed by atoms with Gasteiger partial charge in [-0.1, -0.05) is 0 Å². The summed E-state index contributed by atoms with van der Waals surface area (Å²) in [4.78, 5) is 0. The van der Waals surface area contributed by atoms with Crippen molar-refractivity contribution in [2.45, 2.75) is 17.4 Å². The van der Waals surface area contributed by atoms with Gasteiger partial charge in [0, 0.05) is 0 Å². The van der Waals surface area contributed by atoms with Gasteiger partial charge in [0.1, 0.15) is 0 Å².